The van der Waals surface area contributed by atoms with Crippen molar-refractivity contribution >= 4 is 23.9 Å². The van der Waals surface area contributed by atoms with Gasteiger partial charge in [0.05, 0.1) is 5.41 Å². The highest BCUT2D eigenvalue weighted by Gasteiger charge is 2.25. The van der Waals surface area contributed by atoms with E-state index in [1.165, 1.54) is 0 Å². The molecule has 2 N–H and O–H groups in total. The molecule has 0 radical (unpaired) electrons. The van der Waals surface area contributed by atoms with Gasteiger partial charge in [0.25, 0.3) is 0 Å². The molecule has 0 unspecified atom stereocenters. The minimum absolute atomic E-state index is 0.000383. The number of rotatable bonds is 14. The Hall–Kier alpha value is -2.90. The van der Waals surface area contributed by atoms with Gasteiger partial charge in [-0.3, -0.25) is 14.4 Å². The summed E-state index contributed by atoms with van der Waals surface area (Å²) in [5.74, 6) is -0.772. The number of alkyl carbamates (subject to hydrolysis) is 1. The summed E-state index contributed by atoms with van der Waals surface area (Å²) in [6.07, 6.45) is 4.68. The van der Waals surface area contributed by atoms with Gasteiger partial charge in [0.2, 0.25) is 5.91 Å². The molecule has 184 valence electrons. The average Bonchev–Trinajstić information content (AvgIpc) is 2.77. The van der Waals surface area contributed by atoms with Gasteiger partial charge in [-0.15, -0.1) is 0 Å². The fourth-order valence-electron chi connectivity index (χ4n) is 2.75. The van der Waals surface area contributed by atoms with Crippen LogP contribution in [0.5, 0.6) is 0 Å². The molecule has 2 amide bonds. The molecule has 0 heterocycles. The molecule has 0 aliphatic carbocycles. The van der Waals surface area contributed by atoms with Gasteiger partial charge >= 0.3 is 18.0 Å². The maximum atomic E-state index is 11.8. The molecule has 1 aromatic carbocycles. The van der Waals surface area contributed by atoms with E-state index in [1.54, 1.807) is 20.8 Å². The Morgan fingerprint density at radius 2 is 1.39 bits per heavy atom. The number of carbonyl (C=O) groups is 4. The molecule has 8 nitrogen and oxygen atoms in total. The third-order valence-corrected chi connectivity index (χ3v) is 4.77. The maximum Gasteiger partial charge on any atom is 0.414 e. The molecule has 1 rings (SSSR count). The third kappa shape index (κ3) is 14.7. The van der Waals surface area contributed by atoms with E-state index in [-0.39, 0.29) is 11.9 Å². The standard InChI is InChI=1S/C25H38N2O6/c1-25(2,3)23(30)33-24(31)27-18-12-5-9-15-21(28)26-17-11-6-10-16-22(29)32-19-20-13-7-4-8-14-20/h4,7-8,13-14H,5-6,9-12,15-19H2,1-3H3,(H,26,28)(H,27,31). The highest BCUT2D eigenvalue weighted by atomic mass is 16.6. The number of amides is 2. The van der Waals surface area contributed by atoms with Gasteiger partial charge in [-0.2, -0.15) is 0 Å². The SMILES string of the molecule is CC(C)(C)C(=O)OC(=O)NCCCCCC(=O)NCCCCCC(=O)OCc1ccccc1. The second-order valence-electron chi connectivity index (χ2n) is 8.97. The summed E-state index contributed by atoms with van der Waals surface area (Å²) in [6.45, 7) is 6.32. The molecule has 0 fully saturated rings. The normalized spacial score (nSPS) is 10.9. The Morgan fingerprint density at radius 3 is 2.03 bits per heavy atom. The molecule has 0 aliphatic heterocycles. The van der Waals surface area contributed by atoms with Gasteiger partial charge in [0.15, 0.2) is 0 Å². The highest BCUT2D eigenvalue weighted by molar-refractivity contribution is 5.87. The summed E-state index contributed by atoms with van der Waals surface area (Å²) in [6, 6.07) is 9.57. The Kier molecular flexibility index (Phi) is 13.5. The minimum atomic E-state index is -0.739. The van der Waals surface area contributed by atoms with Gasteiger partial charge in [-0.05, 0) is 52.0 Å². The first-order chi connectivity index (χ1) is 15.7. The molecule has 0 saturated heterocycles. The van der Waals surface area contributed by atoms with Crippen molar-refractivity contribution in [2.24, 2.45) is 5.41 Å². The Bertz CT molecular complexity index is 743. The lowest BCUT2D eigenvalue weighted by molar-refractivity contribution is -0.146. The molecule has 0 atom stereocenters. The van der Waals surface area contributed by atoms with Crippen LogP contribution in [0.2, 0.25) is 0 Å². The van der Waals surface area contributed by atoms with Gasteiger partial charge in [0.1, 0.15) is 6.61 Å². The zero-order chi connectivity index (χ0) is 24.5. The number of benzene rings is 1. The molecular formula is C25H38N2O6. The van der Waals surface area contributed by atoms with E-state index in [0.717, 1.165) is 37.7 Å². The highest BCUT2D eigenvalue weighted by Crippen LogP contribution is 2.15. The van der Waals surface area contributed by atoms with E-state index < -0.39 is 17.5 Å². The molecule has 0 saturated carbocycles. The van der Waals surface area contributed by atoms with Crippen LogP contribution in [0.25, 0.3) is 0 Å². The molecule has 1 aromatic rings. The lowest BCUT2D eigenvalue weighted by atomic mass is 9.98. The second kappa shape index (κ2) is 15.8. The molecule has 8 heteroatoms. The van der Waals surface area contributed by atoms with Crippen LogP contribution >= 0.6 is 0 Å². The molecule has 0 spiro atoms. The fourth-order valence-corrected chi connectivity index (χ4v) is 2.75. The summed E-state index contributed by atoms with van der Waals surface area (Å²) in [4.78, 5) is 46.7. The largest absolute Gasteiger partial charge is 0.461 e. The van der Waals surface area contributed by atoms with E-state index in [1.807, 2.05) is 30.3 Å². The lowest BCUT2D eigenvalue weighted by Gasteiger charge is -2.15. The lowest BCUT2D eigenvalue weighted by Crippen LogP contribution is -2.32. The van der Waals surface area contributed by atoms with E-state index in [4.69, 9.17) is 9.47 Å². The van der Waals surface area contributed by atoms with E-state index in [2.05, 4.69) is 10.6 Å². The Morgan fingerprint density at radius 1 is 0.788 bits per heavy atom. The van der Waals surface area contributed by atoms with Crippen molar-refractivity contribution in [2.75, 3.05) is 13.1 Å². The van der Waals surface area contributed by atoms with Crippen molar-refractivity contribution in [3.05, 3.63) is 35.9 Å². The predicted octanol–water partition coefficient (Wildman–Crippen LogP) is 4.27. The number of ether oxygens (including phenoxy) is 2. The van der Waals surface area contributed by atoms with E-state index in [9.17, 15) is 19.2 Å². The van der Waals surface area contributed by atoms with E-state index >= 15 is 0 Å². The Labute approximate surface area is 196 Å². The summed E-state index contributed by atoms with van der Waals surface area (Å²) in [5.41, 5.74) is 0.249. The first-order valence-corrected chi connectivity index (χ1v) is 11.6. The van der Waals surface area contributed by atoms with Crippen LogP contribution in [-0.2, 0) is 30.5 Å². The van der Waals surface area contributed by atoms with Crippen LogP contribution in [0.1, 0.15) is 77.7 Å². The molecule has 0 bridgehead atoms. The van der Waals surface area contributed by atoms with E-state index in [0.29, 0.717) is 39.0 Å². The van der Waals surface area contributed by atoms with Crippen LogP contribution in [-0.4, -0.2) is 37.0 Å². The fraction of sp³-hybridized carbons (Fsp3) is 0.600. The zero-order valence-electron chi connectivity index (χ0n) is 20.1. The molecule has 33 heavy (non-hydrogen) atoms. The first kappa shape index (κ1) is 28.1. The van der Waals surface area contributed by atoms with Crippen LogP contribution in [0, 0.1) is 5.41 Å². The number of hydrogen-bond donors (Lipinski definition) is 2. The van der Waals surface area contributed by atoms with Gasteiger partial charge in [0, 0.05) is 25.9 Å². The van der Waals surface area contributed by atoms with Crippen molar-refractivity contribution in [2.45, 2.75) is 78.7 Å². The summed E-state index contributed by atoms with van der Waals surface area (Å²) >= 11 is 0. The number of nitrogens with one attached hydrogen (secondary N) is 2. The molecule has 0 aromatic heterocycles. The molecular weight excluding hydrogens is 424 g/mol. The topological polar surface area (TPSA) is 111 Å². The second-order valence-corrected chi connectivity index (χ2v) is 8.97. The third-order valence-electron chi connectivity index (χ3n) is 4.77. The number of unbranched alkanes of at least 4 members (excludes halogenated alkanes) is 4. The number of hydrogen-bond acceptors (Lipinski definition) is 6. The predicted molar refractivity (Wildman–Crippen MR) is 125 cm³/mol. The van der Waals surface area contributed by atoms with Crippen molar-refractivity contribution in [1.82, 2.24) is 10.6 Å². The molecule has 0 aliphatic rings. The average molecular weight is 463 g/mol. The number of esters is 2. The van der Waals surface area contributed by atoms with Crippen molar-refractivity contribution in [1.29, 1.82) is 0 Å². The summed E-state index contributed by atoms with van der Waals surface area (Å²) in [7, 11) is 0. The zero-order valence-corrected chi connectivity index (χ0v) is 20.1. The first-order valence-electron chi connectivity index (χ1n) is 11.6. The van der Waals surface area contributed by atoms with Crippen LogP contribution < -0.4 is 10.6 Å². The quantitative estimate of drug-likeness (QED) is 0.243. The van der Waals surface area contributed by atoms with Gasteiger partial charge in [-0.1, -0.05) is 43.2 Å². The van der Waals surface area contributed by atoms with Crippen molar-refractivity contribution in [3.63, 3.8) is 0 Å². The summed E-state index contributed by atoms with van der Waals surface area (Å²) in [5, 5.41) is 5.42. The van der Waals surface area contributed by atoms with Crippen LogP contribution in [0.4, 0.5) is 4.79 Å². The van der Waals surface area contributed by atoms with Gasteiger partial charge < -0.3 is 20.1 Å². The Balaban J connectivity index is 1.92. The van der Waals surface area contributed by atoms with Gasteiger partial charge in [-0.25, -0.2) is 4.79 Å². The smallest absolute Gasteiger partial charge is 0.414 e. The summed E-state index contributed by atoms with van der Waals surface area (Å²) < 4.78 is 9.93. The van der Waals surface area contributed by atoms with Crippen molar-refractivity contribution < 1.29 is 28.7 Å². The van der Waals surface area contributed by atoms with Crippen LogP contribution in [0.3, 0.4) is 0 Å². The number of carbonyl (C=O) groups excluding carboxylic acids is 4. The van der Waals surface area contributed by atoms with Crippen LogP contribution in [0.15, 0.2) is 30.3 Å². The minimum Gasteiger partial charge on any atom is -0.461 e. The van der Waals surface area contributed by atoms with Crippen molar-refractivity contribution in [3.8, 4) is 0 Å². The maximum absolute atomic E-state index is 11.8. The monoisotopic (exact) mass is 462 g/mol.